The van der Waals surface area contributed by atoms with Crippen LogP contribution < -0.4 is 10.9 Å². The van der Waals surface area contributed by atoms with Crippen molar-refractivity contribution in [1.82, 2.24) is 19.6 Å². The largest absolute Gasteiger partial charge is 0.461 e. The number of carbonyl (C=O) groups excluding carboxylic acids is 1. The van der Waals surface area contributed by atoms with Gasteiger partial charge in [-0.25, -0.2) is 13.9 Å². The summed E-state index contributed by atoms with van der Waals surface area (Å²) in [6, 6.07) is 10.3. The van der Waals surface area contributed by atoms with Crippen LogP contribution in [0.2, 0.25) is 0 Å². The number of furan rings is 1. The Labute approximate surface area is 155 Å². The third-order valence-corrected chi connectivity index (χ3v) is 4.45. The van der Waals surface area contributed by atoms with Gasteiger partial charge in [0.15, 0.2) is 22.4 Å². The first-order chi connectivity index (χ1) is 13.1. The van der Waals surface area contributed by atoms with Crippen molar-refractivity contribution in [2.75, 3.05) is 11.1 Å². The summed E-state index contributed by atoms with van der Waals surface area (Å²) < 4.78 is 19.9. The van der Waals surface area contributed by atoms with E-state index in [1.54, 1.807) is 18.2 Å². The van der Waals surface area contributed by atoms with Gasteiger partial charge >= 0.3 is 0 Å². The molecule has 2 N–H and O–H groups in total. The SMILES string of the molecule is O=C(CSc1nc(-c2ccco2)nc2cc(=O)[nH]n12)Nc1cccc(F)c1. The highest BCUT2D eigenvalue weighted by Crippen LogP contribution is 2.22. The molecular formula is C17H12FN5O3S. The molecule has 27 heavy (non-hydrogen) atoms. The molecule has 0 spiro atoms. The lowest BCUT2D eigenvalue weighted by atomic mass is 10.3. The molecule has 136 valence electrons. The Balaban J connectivity index is 1.57. The minimum atomic E-state index is -0.439. The Morgan fingerprint density at radius 1 is 1.26 bits per heavy atom. The van der Waals surface area contributed by atoms with Crippen LogP contribution in [0.3, 0.4) is 0 Å². The van der Waals surface area contributed by atoms with Crippen molar-refractivity contribution in [3.8, 4) is 11.6 Å². The maximum Gasteiger partial charge on any atom is 0.266 e. The predicted molar refractivity (Wildman–Crippen MR) is 97.1 cm³/mol. The number of halogens is 1. The number of nitrogens with zero attached hydrogens (tertiary/aromatic N) is 3. The zero-order chi connectivity index (χ0) is 18.8. The Morgan fingerprint density at radius 3 is 2.93 bits per heavy atom. The first kappa shape index (κ1) is 17.0. The fraction of sp³-hybridized carbons (Fsp3) is 0.0588. The van der Waals surface area contributed by atoms with Crippen LogP contribution in [0.15, 0.2) is 63.1 Å². The average Bonchev–Trinajstić information content (AvgIpc) is 3.28. The second-order valence-corrected chi connectivity index (χ2v) is 6.41. The van der Waals surface area contributed by atoms with Crippen molar-refractivity contribution in [2.45, 2.75) is 5.16 Å². The molecule has 4 aromatic rings. The number of hydrogen-bond acceptors (Lipinski definition) is 6. The van der Waals surface area contributed by atoms with Crippen LogP contribution in [0.4, 0.5) is 10.1 Å². The molecule has 0 aliphatic heterocycles. The van der Waals surface area contributed by atoms with E-state index in [-0.39, 0.29) is 17.2 Å². The summed E-state index contributed by atoms with van der Waals surface area (Å²) in [4.78, 5) is 32.4. The highest BCUT2D eigenvalue weighted by molar-refractivity contribution is 7.99. The average molecular weight is 385 g/mol. The number of hydrogen-bond donors (Lipinski definition) is 2. The van der Waals surface area contributed by atoms with Gasteiger partial charge in [-0.3, -0.25) is 14.7 Å². The van der Waals surface area contributed by atoms with Gasteiger partial charge in [-0.1, -0.05) is 17.8 Å². The topological polar surface area (TPSA) is 105 Å². The first-order valence-electron chi connectivity index (χ1n) is 7.80. The van der Waals surface area contributed by atoms with Crippen LogP contribution in [0.1, 0.15) is 0 Å². The Hall–Kier alpha value is -3.40. The number of benzene rings is 1. The number of anilines is 1. The Morgan fingerprint density at radius 2 is 2.15 bits per heavy atom. The van der Waals surface area contributed by atoms with Crippen LogP contribution >= 0.6 is 11.8 Å². The van der Waals surface area contributed by atoms with E-state index in [1.165, 1.54) is 35.0 Å². The van der Waals surface area contributed by atoms with Gasteiger partial charge in [-0.15, -0.1) is 0 Å². The second-order valence-electron chi connectivity index (χ2n) is 5.47. The number of fused-ring (bicyclic) bond motifs is 1. The molecule has 1 amide bonds. The van der Waals surface area contributed by atoms with Crippen LogP contribution in [-0.4, -0.2) is 31.2 Å². The summed E-state index contributed by atoms with van der Waals surface area (Å²) in [6.45, 7) is 0. The van der Waals surface area contributed by atoms with Gasteiger partial charge in [0, 0.05) is 11.8 Å². The molecule has 0 unspecified atom stereocenters. The number of rotatable bonds is 5. The zero-order valence-corrected chi connectivity index (χ0v) is 14.5. The van der Waals surface area contributed by atoms with E-state index in [2.05, 4.69) is 20.4 Å². The van der Waals surface area contributed by atoms with Gasteiger partial charge in [0.25, 0.3) is 5.56 Å². The van der Waals surface area contributed by atoms with Crippen molar-refractivity contribution >= 4 is 29.0 Å². The third-order valence-electron chi connectivity index (χ3n) is 3.51. The lowest BCUT2D eigenvalue weighted by molar-refractivity contribution is -0.113. The summed E-state index contributed by atoms with van der Waals surface area (Å²) in [5, 5.41) is 5.55. The molecular weight excluding hydrogens is 373 g/mol. The molecule has 0 fully saturated rings. The maximum absolute atomic E-state index is 13.2. The molecule has 10 heteroatoms. The van der Waals surface area contributed by atoms with E-state index in [9.17, 15) is 14.0 Å². The molecule has 0 saturated carbocycles. The van der Waals surface area contributed by atoms with Gasteiger partial charge in [-0.2, -0.15) is 4.98 Å². The van der Waals surface area contributed by atoms with Gasteiger partial charge in [0.1, 0.15) is 5.82 Å². The van der Waals surface area contributed by atoms with Crippen molar-refractivity contribution in [3.63, 3.8) is 0 Å². The number of aromatic nitrogens is 4. The zero-order valence-electron chi connectivity index (χ0n) is 13.7. The van der Waals surface area contributed by atoms with E-state index >= 15 is 0 Å². The fourth-order valence-electron chi connectivity index (χ4n) is 2.39. The molecule has 1 aromatic carbocycles. The summed E-state index contributed by atoms with van der Waals surface area (Å²) in [6.07, 6.45) is 1.49. The number of H-pyrrole nitrogens is 1. The first-order valence-corrected chi connectivity index (χ1v) is 8.79. The van der Waals surface area contributed by atoms with Crippen molar-refractivity contribution in [2.24, 2.45) is 0 Å². The molecule has 0 aliphatic rings. The number of aromatic amines is 1. The summed E-state index contributed by atoms with van der Waals surface area (Å²) in [7, 11) is 0. The molecule has 4 rings (SSSR count). The summed E-state index contributed by atoms with van der Waals surface area (Å²) >= 11 is 1.10. The maximum atomic E-state index is 13.2. The number of amides is 1. The standard InChI is InChI=1S/C17H12FN5O3S/c18-10-3-1-4-11(7-10)19-15(25)9-27-17-21-16(12-5-2-6-26-12)20-13-8-14(24)22-23(13)17/h1-8H,9H2,(H,19,25)(H,22,24). The van der Waals surface area contributed by atoms with Gasteiger partial charge in [0.05, 0.1) is 12.0 Å². The molecule has 3 heterocycles. The molecule has 8 nitrogen and oxygen atoms in total. The van der Waals surface area contributed by atoms with Gasteiger partial charge < -0.3 is 9.73 Å². The van der Waals surface area contributed by atoms with E-state index in [0.29, 0.717) is 28.1 Å². The van der Waals surface area contributed by atoms with Crippen LogP contribution in [0.25, 0.3) is 17.2 Å². The Bertz CT molecular complexity index is 1170. The molecule has 3 aromatic heterocycles. The second kappa shape index (κ2) is 7.08. The number of thioether (sulfide) groups is 1. The lowest BCUT2D eigenvalue weighted by Crippen LogP contribution is -2.15. The predicted octanol–water partition coefficient (Wildman–Crippen LogP) is 2.55. The molecule has 0 aliphatic carbocycles. The molecule has 0 radical (unpaired) electrons. The molecule has 0 saturated heterocycles. The smallest absolute Gasteiger partial charge is 0.266 e. The van der Waals surface area contributed by atoms with Gasteiger partial charge in [0.2, 0.25) is 5.91 Å². The highest BCUT2D eigenvalue weighted by Gasteiger charge is 2.14. The Kier molecular flexibility index (Phi) is 4.47. The van der Waals surface area contributed by atoms with E-state index in [1.807, 2.05) is 0 Å². The third kappa shape index (κ3) is 3.75. The molecule has 0 bridgehead atoms. The van der Waals surface area contributed by atoms with Gasteiger partial charge in [-0.05, 0) is 30.3 Å². The summed E-state index contributed by atoms with van der Waals surface area (Å²) in [5.41, 5.74) is 0.375. The fourth-order valence-corrected chi connectivity index (χ4v) is 3.14. The van der Waals surface area contributed by atoms with Crippen LogP contribution in [0.5, 0.6) is 0 Å². The monoisotopic (exact) mass is 385 g/mol. The minimum Gasteiger partial charge on any atom is -0.461 e. The van der Waals surface area contributed by atoms with Crippen molar-refractivity contribution in [3.05, 3.63) is 64.9 Å². The van der Waals surface area contributed by atoms with E-state index in [4.69, 9.17) is 4.42 Å². The van der Waals surface area contributed by atoms with E-state index < -0.39 is 5.82 Å². The van der Waals surface area contributed by atoms with Crippen molar-refractivity contribution in [1.29, 1.82) is 0 Å². The molecule has 0 atom stereocenters. The quantitative estimate of drug-likeness (QED) is 0.512. The van der Waals surface area contributed by atoms with Crippen LogP contribution in [0, 0.1) is 5.82 Å². The highest BCUT2D eigenvalue weighted by atomic mass is 32.2. The summed E-state index contributed by atoms with van der Waals surface area (Å²) in [5.74, 6) is -0.0397. The minimum absolute atomic E-state index is 0.000428. The normalized spacial score (nSPS) is 11.0. The van der Waals surface area contributed by atoms with E-state index in [0.717, 1.165) is 11.8 Å². The number of carbonyl (C=O) groups is 1. The lowest BCUT2D eigenvalue weighted by Gasteiger charge is -2.07. The van der Waals surface area contributed by atoms with Crippen molar-refractivity contribution < 1.29 is 13.6 Å². The number of nitrogens with one attached hydrogen (secondary N) is 2. The van der Waals surface area contributed by atoms with Crippen LogP contribution in [-0.2, 0) is 4.79 Å².